The van der Waals surface area contributed by atoms with E-state index < -0.39 is 0 Å². The fourth-order valence-electron chi connectivity index (χ4n) is 2.25. The van der Waals surface area contributed by atoms with Crippen LogP contribution in [0.5, 0.6) is 5.75 Å². The van der Waals surface area contributed by atoms with Gasteiger partial charge in [0.15, 0.2) is 0 Å². The number of amides is 1. The number of benzene rings is 2. The molecule has 1 amide bonds. The van der Waals surface area contributed by atoms with Gasteiger partial charge in [-0.2, -0.15) is 5.26 Å². The van der Waals surface area contributed by atoms with Crippen LogP contribution in [-0.2, 0) is 6.61 Å². The molecule has 1 N–H and O–H groups in total. The summed E-state index contributed by atoms with van der Waals surface area (Å²) in [5.74, 6) is 0.233. The zero-order valence-electron chi connectivity index (χ0n) is 13.3. The van der Waals surface area contributed by atoms with Gasteiger partial charge < -0.3 is 10.1 Å². The fraction of sp³-hybridized carbons (Fsp3) is 0.0500. The number of ether oxygens (including phenoxy) is 1. The Kier molecular flexibility index (Phi) is 5.03. The Bertz CT molecular complexity index is 900. The van der Waals surface area contributed by atoms with Gasteiger partial charge in [-0.15, -0.1) is 0 Å². The quantitative estimate of drug-likeness (QED) is 0.773. The van der Waals surface area contributed by atoms with Gasteiger partial charge in [0.25, 0.3) is 5.91 Å². The highest BCUT2D eigenvalue weighted by Crippen LogP contribution is 2.21. The Morgan fingerprint density at radius 3 is 2.60 bits per heavy atom. The Hall–Kier alpha value is -3.65. The number of carbonyl (C=O) groups is 1. The maximum atomic E-state index is 12.5. The zero-order chi connectivity index (χ0) is 17.5. The number of rotatable bonds is 5. The molecule has 0 aliphatic carbocycles. The van der Waals surface area contributed by atoms with Crippen LogP contribution in [0.15, 0.2) is 73.1 Å². The van der Waals surface area contributed by atoms with Crippen molar-refractivity contribution in [3.63, 3.8) is 0 Å². The first-order chi connectivity index (χ1) is 12.3. The number of nitrogens with zero attached hydrogens (tertiary/aromatic N) is 2. The van der Waals surface area contributed by atoms with E-state index in [2.05, 4.69) is 16.4 Å². The number of anilines is 1. The number of aromatic nitrogens is 1. The van der Waals surface area contributed by atoms with E-state index >= 15 is 0 Å². The van der Waals surface area contributed by atoms with Gasteiger partial charge in [-0.05, 0) is 42.0 Å². The van der Waals surface area contributed by atoms with Crippen LogP contribution in [0.3, 0.4) is 0 Å². The summed E-state index contributed by atoms with van der Waals surface area (Å²) in [6.45, 7) is 0.308. The topological polar surface area (TPSA) is 75.0 Å². The van der Waals surface area contributed by atoms with Crippen LogP contribution < -0.4 is 10.1 Å². The lowest BCUT2D eigenvalue weighted by molar-refractivity contribution is 0.102. The van der Waals surface area contributed by atoms with E-state index in [1.165, 1.54) is 0 Å². The SMILES string of the molecule is N#Cc1ccc(COc2ccccc2C(=O)Nc2cccnc2)cc1. The number of nitrogens with one attached hydrogen (secondary N) is 1. The van der Waals surface area contributed by atoms with Crippen molar-refractivity contribution in [1.82, 2.24) is 4.98 Å². The smallest absolute Gasteiger partial charge is 0.259 e. The molecule has 2 aromatic carbocycles. The van der Waals surface area contributed by atoms with Crippen molar-refractivity contribution < 1.29 is 9.53 Å². The number of pyridine rings is 1. The maximum absolute atomic E-state index is 12.5. The van der Waals surface area contributed by atoms with Gasteiger partial charge in [0.1, 0.15) is 12.4 Å². The van der Waals surface area contributed by atoms with E-state index in [9.17, 15) is 4.79 Å². The molecule has 122 valence electrons. The molecule has 0 unspecified atom stereocenters. The van der Waals surface area contributed by atoms with E-state index in [0.717, 1.165) is 5.56 Å². The van der Waals surface area contributed by atoms with E-state index in [1.54, 1.807) is 54.9 Å². The highest BCUT2D eigenvalue weighted by Gasteiger charge is 2.12. The predicted molar refractivity (Wildman–Crippen MR) is 94.1 cm³/mol. The Labute approximate surface area is 145 Å². The van der Waals surface area contributed by atoms with Gasteiger partial charge in [-0.3, -0.25) is 9.78 Å². The van der Waals surface area contributed by atoms with E-state index in [4.69, 9.17) is 10.00 Å². The largest absolute Gasteiger partial charge is 0.488 e. The molecule has 0 radical (unpaired) electrons. The molecule has 25 heavy (non-hydrogen) atoms. The summed E-state index contributed by atoms with van der Waals surface area (Å²) in [6, 6.07) is 19.8. The highest BCUT2D eigenvalue weighted by atomic mass is 16.5. The number of para-hydroxylation sites is 1. The third-order valence-corrected chi connectivity index (χ3v) is 3.53. The minimum Gasteiger partial charge on any atom is -0.488 e. The van der Waals surface area contributed by atoms with Crippen molar-refractivity contribution in [2.75, 3.05) is 5.32 Å². The average molecular weight is 329 g/mol. The molecular weight excluding hydrogens is 314 g/mol. The van der Waals surface area contributed by atoms with Crippen LogP contribution in [0.4, 0.5) is 5.69 Å². The average Bonchev–Trinajstić information content (AvgIpc) is 2.68. The van der Waals surface area contributed by atoms with Crippen LogP contribution in [0, 0.1) is 11.3 Å². The fourth-order valence-corrected chi connectivity index (χ4v) is 2.25. The Morgan fingerprint density at radius 1 is 1.08 bits per heavy atom. The van der Waals surface area contributed by atoms with Crippen molar-refractivity contribution in [3.8, 4) is 11.8 Å². The number of hydrogen-bond donors (Lipinski definition) is 1. The van der Waals surface area contributed by atoms with Crippen molar-refractivity contribution >= 4 is 11.6 Å². The van der Waals surface area contributed by atoms with Crippen LogP contribution in [-0.4, -0.2) is 10.9 Å². The van der Waals surface area contributed by atoms with Gasteiger partial charge in [0, 0.05) is 6.20 Å². The molecule has 3 rings (SSSR count). The Balaban J connectivity index is 1.72. The second kappa shape index (κ2) is 7.75. The Morgan fingerprint density at radius 2 is 1.88 bits per heavy atom. The first kappa shape index (κ1) is 16.2. The first-order valence-corrected chi connectivity index (χ1v) is 7.68. The molecule has 3 aromatic rings. The minimum absolute atomic E-state index is 0.261. The normalized spacial score (nSPS) is 9.88. The van der Waals surface area contributed by atoms with Gasteiger partial charge >= 0.3 is 0 Å². The van der Waals surface area contributed by atoms with Gasteiger partial charge in [-0.25, -0.2) is 0 Å². The molecular formula is C20H15N3O2. The third kappa shape index (κ3) is 4.21. The summed E-state index contributed by atoms with van der Waals surface area (Å²) >= 11 is 0. The summed E-state index contributed by atoms with van der Waals surface area (Å²) < 4.78 is 5.80. The highest BCUT2D eigenvalue weighted by molar-refractivity contribution is 6.06. The lowest BCUT2D eigenvalue weighted by atomic mass is 10.1. The van der Waals surface area contributed by atoms with Crippen molar-refractivity contribution in [2.45, 2.75) is 6.61 Å². The second-order valence-electron chi connectivity index (χ2n) is 5.29. The van der Waals surface area contributed by atoms with Gasteiger partial charge in [0.2, 0.25) is 0 Å². The molecule has 0 bridgehead atoms. The van der Waals surface area contributed by atoms with E-state index in [-0.39, 0.29) is 5.91 Å². The second-order valence-corrected chi connectivity index (χ2v) is 5.29. The zero-order valence-corrected chi connectivity index (χ0v) is 13.3. The number of nitriles is 1. The van der Waals surface area contributed by atoms with Crippen molar-refractivity contribution in [2.24, 2.45) is 0 Å². The molecule has 0 saturated heterocycles. The van der Waals surface area contributed by atoms with Gasteiger partial charge in [-0.1, -0.05) is 24.3 Å². The summed E-state index contributed by atoms with van der Waals surface area (Å²) in [4.78, 5) is 16.4. The summed E-state index contributed by atoms with van der Waals surface area (Å²) in [5, 5.41) is 11.6. The predicted octanol–water partition coefficient (Wildman–Crippen LogP) is 3.78. The molecule has 1 aromatic heterocycles. The molecule has 0 atom stereocenters. The summed E-state index contributed by atoms with van der Waals surface area (Å²) in [6.07, 6.45) is 3.22. The standard InChI is InChI=1S/C20H15N3O2/c21-12-15-7-9-16(10-8-15)14-25-19-6-2-1-5-18(19)20(24)23-17-4-3-11-22-13-17/h1-11,13H,14H2,(H,23,24). The molecule has 0 fully saturated rings. The monoisotopic (exact) mass is 329 g/mol. The molecule has 0 aliphatic heterocycles. The van der Waals surface area contributed by atoms with Crippen LogP contribution in [0.2, 0.25) is 0 Å². The van der Waals surface area contributed by atoms with Crippen molar-refractivity contribution in [3.05, 3.63) is 89.7 Å². The van der Waals surface area contributed by atoms with Crippen molar-refractivity contribution in [1.29, 1.82) is 5.26 Å². The lowest BCUT2D eigenvalue weighted by Crippen LogP contribution is -2.13. The van der Waals surface area contributed by atoms with E-state index in [0.29, 0.717) is 29.2 Å². The summed E-state index contributed by atoms with van der Waals surface area (Å²) in [7, 11) is 0. The van der Waals surface area contributed by atoms with E-state index in [1.807, 2.05) is 18.2 Å². The summed E-state index contributed by atoms with van der Waals surface area (Å²) in [5.41, 5.74) is 2.58. The van der Waals surface area contributed by atoms with Crippen LogP contribution >= 0.6 is 0 Å². The molecule has 5 heteroatoms. The molecule has 0 spiro atoms. The first-order valence-electron chi connectivity index (χ1n) is 7.68. The van der Waals surface area contributed by atoms with Gasteiger partial charge in [0.05, 0.1) is 29.1 Å². The molecule has 5 nitrogen and oxygen atoms in total. The molecule has 0 aliphatic rings. The lowest BCUT2D eigenvalue weighted by Gasteiger charge is -2.11. The third-order valence-electron chi connectivity index (χ3n) is 3.53. The van der Waals surface area contributed by atoms with Crippen LogP contribution in [0.1, 0.15) is 21.5 Å². The number of carbonyl (C=O) groups excluding carboxylic acids is 1. The number of hydrogen-bond acceptors (Lipinski definition) is 4. The molecule has 0 saturated carbocycles. The molecule has 1 heterocycles. The minimum atomic E-state index is -0.261. The maximum Gasteiger partial charge on any atom is 0.259 e. The van der Waals surface area contributed by atoms with Crippen LogP contribution in [0.25, 0.3) is 0 Å².